The predicted molar refractivity (Wildman–Crippen MR) is 68.6 cm³/mol. The second-order valence-corrected chi connectivity index (χ2v) is 5.62. The number of hydrogen-bond acceptors (Lipinski definition) is 4. The van der Waals surface area contributed by atoms with Crippen molar-refractivity contribution >= 4 is 11.9 Å². The van der Waals surface area contributed by atoms with Crippen LogP contribution >= 0.6 is 0 Å². The molecule has 2 aliphatic heterocycles. The maximum atomic E-state index is 12.7. The topological polar surface area (TPSA) is 89.9 Å². The molecule has 0 bridgehead atoms. The number of β-amino-alcohol motifs (C(OH)–C–C–N with tert-alkyl or cyclic N) is 1. The maximum absolute atomic E-state index is 12.7. The lowest BCUT2D eigenvalue weighted by molar-refractivity contribution is -0.154. The number of rotatable bonds is 3. The van der Waals surface area contributed by atoms with Crippen molar-refractivity contribution in [1.82, 2.24) is 10.2 Å². The molecule has 0 aromatic carbocycles. The van der Waals surface area contributed by atoms with Crippen LogP contribution in [-0.2, 0) is 9.59 Å². The fourth-order valence-electron chi connectivity index (χ4n) is 3.18. The van der Waals surface area contributed by atoms with Gasteiger partial charge in [0.2, 0.25) is 5.91 Å². The van der Waals surface area contributed by atoms with E-state index in [9.17, 15) is 19.8 Å². The van der Waals surface area contributed by atoms with E-state index in [0.717, 1.165) is 19.4 Å². The molecular weight excluding hydrogens is 248 g/mol. The molecule has 2 saturated heterocycles. The van der Waals surface area contributed by atoms with Gasteiger partial charge in [0, 0.05) is 19.5 Å². The third-order valence-electron chi connectivity index (χ3n) is 4.43. The van der Waals surface area contributed by atoms with Crippen LogP contribution in [0.3, 0.4) is 0 Å². The molecule has 2 aliphatic rings. The van der Waals surface area contributed by atoms with Gasteiger partial charge in [-0.25, -0.2) is 4.79 Å². The minimum absolute atomic E-state index is 0.119. The number of aliphatic carboxylic acids is 1. The number of aliphatic hydroxyl groups excluding tert-OH is 1. The number of hydrogen-bond donors (Lipinski definition) is 3. The van der Waals surface area contributed by atoms with Gasteiger partial charge in [0.05, 0.1) is 11.5 Å². The lowest BCUT2D eigenvalue weighted by Gasteiger charge is -2.39. The molecule has 19 heavy (non-hydrogen) atoms. The van der Waals surface area contributed by atoms with Gasteiger partial charge in [0.15, 0.2) is 0 Å². The second kappa shape index (κ2) is 5.46. The predicted octanol–water partition coefficient (Wildman–Crippen LogP) is -0.187. The van der Waals surface area contributed by atoms with Crippen LogP contribution in [0.2, 0.25) is 0 Å². The Kier molecular flexibility index (Phi) is 4.10. The summed E-state index contributed by atoms with van der Waals surface area (Å²) in [7, 11) is 0. The van der Waals surface area contributed by atoms with Crippen LogP contribution in [0.4, 0.5) is 0 Å². The second-order valence-electron chi connectivity index (χ2n) is 5.62. The number of carboxylic acid groups (broad SMARTS) is 1. The Bertz CT molecular complexity index is 366. The Morgan fingerprint density at radius 1 is 1.47 bits per heavy atom. The average molecular weight is 270 g/mol. The molecule has 0 aliphatic carbocycles. The first kappa shape index (κ1) is 14.3. The Balaban J connectivity index is 2.19. The fraction of sp³-hybridized carbons (Fsp3) is 0.846. The maximum Gasteiger partial charge on any atom is 0.326 e. The third-order valence-corrected chi connectivity index (χ3v) is 4.43. The highest BCUT2D eigenvalue weighted by molar-refractivity contribution is 5.88. The minimum atomic E-state index is -1.03. The van der Waals surface area contributed by atoms with Crippen LogP contribution in [0, 0.1) is 5.41 Å². The summed E-state index contributed by atoms with van der Waals surface area (Å²) < 4.78 is 0. The van der Waals surface area contributed by atoms with Crippen molar-refractivity contribution in [2.24, 2.45) is 5.41 Å². The number of carbonyl (C=O) groups excluding carboxylic acids is 1. The van der Waals surface area contributed by atoms with E-state index < -0.39 is 23.5 Å². The van der Waals surface area contributed by atoms with Gasteiger partial charge in [-0.05, 0) is 25.8 Å². The largest absolute Gasteiger partial charge is 0.480 e. The minimum Gasteiger partial charge on any atom is -0.480 e. The molecule has 0 saturated carbocycles. The van der Waals surface area contributed by atoms with E-state index in [0.29, 0.717) is 13.0 Å². The summed E-state index contributed by atoms with van der Waals surface area (Å²) >= 11 is 0. The van der Waals surface area contributed by atoms with Crippen LogP contribution in [-0.4, -0.2) is 58.8 Å². The summed E-state index contributed by atoms with van der Waals surface area (Å²) in [6.07, 6.45) is 1.81. The van der Waals surface area contributed by atoms with Gasteiger partial charge in [-0.2, -0.15) is 0 Å². The van der Waals surface area contributed by atoms with E-state index >= 15 is 0 Å². The van der Waals surface area contributed by atoms with E-state index in [1.165, 1.54) is 4.90 Å². The molecule has 3 atom stereocenters. The number of nitrogens with one attached hydrogen (secondary N) is 1. The van der Waals surface area contributed by atoms with Crippen LogP contribution in [0.25, 0.3) is 0 Å². The van der Waals surface area contributed by atoms with Gasteiger partial charge in [0.1, 0.15) is 6.04 Å². The molecule has 2 heterocycles. The first-order chi connectivity index (χ1) is 9.00. The number of carbonyl (C=O) groups is 2. The van der Waals surface area contributed by atoms with Gasteiger partial charge in [-0.15, -0.1) is 0 Å². The lowest BCUT2D eigenvalue weighted by atomic mass is 9.77. The molecule has 0 radical (unpaired) electrons. The van der Waals surface area contributed by atoms with Crippen LogP contribution in [0.1, 0.15) is 32.6 Å². The van der Waals surface area contributed by atoms with E-state index in [1.54, 1.807) is 0 Å². The van der Waals surface area contributed by atoms with E-state index in [2.05, 4.69) is 5.32 Å². The fourth-order valence-corrected chi connectivity index (χ4v) is 3.18. The summed E-state index contributed by atoms with van der Waals surface area (Å²) in [5.41, 5.74) is -0.504. The van der Waals surface area contributed by atoms with Gasteiger partial charge in [-0.1, -0.05) is 6.92 Å². The number of nitrogens with zero attached hydrogens (tertiary/aromatic N) is 1. The zero-order valence-corrected chi connectivity index (χ0v) is 11.3. The monoisotopic (exact) mass is 270 g/mol. The first-order valence-corrected chi connectivity index (χ1v) is 6.93. The summed E-state index contributed by atoms with van der Waals surface area (Å²) in [5, 5.41) is 22.1. The van der Waals surface area contributed by atoms with Crippen LogP contribution in [0.15, 0.2) is 0 Å². The van der Waals surface area contributed by atoms with Crippen molar-refractivity contribution in [2.45, 2.75) is 44.8 Å². The van der Waals surface area contributed by atoms with Gasteiger partial charge in [-0.3, -0.25) is 4.79 Å². The molecule has 0 spiro atoms. The SMILES string of the molecule is CCC1(C(=O)N2CC(O)C[C@H]2C(=O)O)CCCNC1. The van der Waals surface area contributed by atoms with Crippen LogP contribution < -0.4 is 5.32 Å². The molecule has 0 aromatic heterocycles. The molecule has 6 nitrogen and oxygen atoms in total. The van der Waals surface area contributed by atoms with Crippen molar-refractivity contribution in [2.75, 3.05) is 19.6 Å². The Morgan fingerprint density at radius 2 is 2.21 bits per heavy atom. The summed E-state index contributed by atoms with van der Waals surface area (Å²) in [6.45, 7) is 3.60. The molecule has 6 heteroatoms. The highest BCUT2D eigenvalue weighted by atomic mass is 16.4. The summed E-state index contributed by atoms with van der Waals surface area (Å²) in [5.74, 6) is -1.15. The number of amides is 1. The number of aliphatic hydroxyl groups is 1. The molecule has 2 rings (SSSR count). The third kappa shape index (κ3) is 2.60. The van der Waals surface area contributed by atoms with E-state index in [1.807, 2.05) is 6.92 Å². The Morgan fingerprint density at radius 3 is 2.74 bits per heavy atom. The molecule has 3 N–H and O–H groups in total. The number of likely N-dealkylation sites (tertiary alicyclic amines) is 1. The lowest BCUT2D eigenvalue weighted by Crippen LogP contribution is -2.54. The van der Waals surface area contributed by atoms with Crippen molar-refractivity contribution in [1.29, 1.82) is 0 Å². The molecule has 1 amide bonds. The number of piperidine rings is 1. The van der Waals surface area contributed by atoms with Crippen molar-refractivity contribution in [3.05, 3.63) is 0 Å². The van der Waals surface area contributed by atoms with E-state index in [4.69, 9.17) is 0 Å². The van der Waals surface area contributed by atoms with Crippen LogP contribution in [0.5, 0.6) is 0 Å². The highest BCUT2D eigenvalue weighted by Gasteiger charge is 2.47. The zero-order chi connectivity index (χ0) is 14.0. The van der Waals surface area contributed by atoms with Gasteiger partial charge < -0.3 is 20.4 Å². The van der Waals surface area contributed by atoms with Gasteiger partial charge in [0.25, 0.3) is 0 Å². The average Bonchev–Trinajstić information content (AvgIpc) is 2.81. The van der Waals surface area contributed by atoms with Gasteiger partial charge >= 0.3 is 5.97 Å². The molecule has 2 fully saturated rings. The standard InChI is InChI=1S/C13H22N2O4/c1-2-13(4-3-5-14-8-13)12(19)15-7-9(16)6-10(15)11(17)18/h9-10,14,16H,2-8H2,1H3,(H,17,18)/t9?,10-,13?/m0/s1. The smallest absolute Gasteiger partial charge is 0.326 e. The molecule has 2 unspecified atom stereocenters. The molecule has 108 valence electrons. The first-order valence-electron chi connectivity index (χ1n) is 6.93. The van der Waals surface area contributed by atoms with E-state index in [-0.39, 0.29) is 18.9 Å². The molecular formula is C13H22N2O4. The Labute approximate surface area is 112 Å². The van der Waals surface area contributed by atoms with Crippen molar-refractivity contribution < 1.29 is 19.8 Å². The normalized spacial score (nSPS) is 35.4. The molecule has 0 aromatic rings. The number of carboxylic acids is 1. The highest BCUT2D eigenvalue weighted by Crippen LogP contribution is 2.35. The Hall–Kier alpha value is -1.14. The quantitative estimate of drug-likeness (QED) is 0.661. The summed E-state index contributed by atoms with van der Waals surface area (Å²) in [4.78, 5) is 25.3. The summed E-state index contributed by atoms with van der Waals surface area (Å²) in [6, 6.07) is -0.882. The van der Waals surface area contributed by atoms with Crippen molar-refractivity contribution in [3.63, 3.8) is 0 Å². The zero-order valence-electron chi connectivity index (χ0n) is 11.3. The van der Waals surface area contributed by atoms with Crippen molar-refractivity contribution in [3.8, 4) is 0 Å².